The van der Waals surface area contributed by atoms with Crippen molar-refractivity contribution in [3.8, 4) is 11.5 Å². The summed E-state index contributed by atoms with van der Waals surface area (Å²) in [5, 5.41) is 8.27. The number of nitrogens with one attached hydrogen (secondary N) is 1. The Morgan fingerprint density at radius 3 is 2.93 bits per heavy atom. The molecule has 5 rings (SSSR count). The van der Waals surface area contributed by atoms with Crippen LogP contribution >= 0.6 is 0 Å². The van der Waals surface area contributed by atoms with Gasteiger partial charge in [0.05, 0.1) is 13.2 Å². The fourth-order valence-electron chi connectivity index (χ4n) is 3.81. The van der Waals surface area contributed by atoms with E-state index in [0.717, 1.165) is 62.2 Å². The third-order valence-corrected chi connectivity index (χ3v) is 5.30. The third-order valence-electron chi connectivity index (χ3n) is 5.30. The molecule has 0 aliphatic carbocycles. The van der Waals surface area contributed by atoms with Crippen LogP contribution in [0.3, 0.4) is 0 Å². The Kier molecular flexibility index (Phi) is 4.47. The lowest BCUT2D eigenvalue weighted by atomic mass is 10.1. The zero-order chi connectivity index (χ0) is 18.1. The van der Waals surface area contributed by atoms with Gasteiger partial charge in [-0.1, -0.05) is 30.3 Å². The smallest absolute Gasteiger partial charge is 0.178 e. The second-order valence-corrected chi connectivity index (χ2v) is 7.23. The van der Waals surface area contributed by atoms with Gasteiger partial charge >= 0.3 is 0 Å². The van der Waals surface area contributed by atoms with E-state index in [1.54, 1.807) is 0 Å². The molecule has 7 heteroatoms. The average Bonchev–Trinajstić information content (AvgIpc) is 3.40. The number of rotatable bonds is 4. The molecule has 0 saturated carbocycles. The Morgan fingerprint density at radius 1 is 1.15 bits per heavy atom. The van der Waals surface area contributed by atoms with E-state index in [-0.39, 0.29) is 5.92 Å². The summed E-state index contributed by atoms with van der Waals surface area (Å²) in [6.45, 7) is 5.08. The zero-order valence-electron chi connectivity index (χ0n) is 15.3. The van der Waals surface area contributed by atoms with E-state index >= 15 is 0 Å². The van der Waals surface area contributed by atoms with Crippen LogP contribution in [0.15, 0.2) is 36.5 Å². The van der Waals surface area contributed by atoms with Crippen molar-refractivity contribution in [3.63, 3.8) is 0 Å². The fourth-order valence-corrected chi connectivity index (χ4v) is 3.81. The molecule has 1 fully saturated rings. The van der Waals surface area contributed by atoms with E-state index in [4.69, 9.17) is 19.8 Å². The van der Waals surface area contributed by atoms with Gasteiger partial charge in [0.1, 0.15) is 11.5 Å². The van der Waals surface area contributed by atoms with Gasteiger partial charge in [-0.25, -0.2) is 14.6 Å². The molecule has 1 aromatic carbocycles. The van der Waals surface area contributed by atoms with E-state index in [9.17, 15) is 0 Å². The van der Waals surface area contributed by atoms with Gasteiger partial charge in [0.15, 0.2) is 11.6 Å². The highest BCUT2D eigenvalue weighted by Crippen LogP contribution is 2.26. The molecule has 27 heavy (non-hydrogen) atoms. The zero-order valence-corrected chi connectivity index (χ0v) is 15.3. The fraction of sp³-hybridized carbons (Fsp3) is 0.450. The summed E-state index contributed by atoms with van der Waals surface area (Å²) < 4.78 is 9.80. The maximum atomic E-state index is 5.55. The quantitative estimate of drug-likeness (QED) is 0.765. The maximum Gasteiger partial charge on any atom is 0.178 e. The highest BCUT2D eigenvalue weighted by Gasteiger charge is 2.25. The number of imidazole rings is 1. The molecular formula is C20H24N6O. The van der Waals surface area contributed by atoms with Crippen molar-refractivity contribution in [2.45, 2.75) is 31.8 Å². The molecule has 1 saturated heterocycles. The lowest BCUT2D eigenvalue weighted by Crippen LogP contribution is -2.17. The molecule has 140 valence electrons. The van der Waals surface area contributed by atoms with E-state index in [0.29, 0.717) is 13.2 Å². The van der Waals surface area contributed by atoms with E-state index < -0.39 is 0 Å². The lowest BCUT2D eigenvalue weighted by Gasteiger charge is -2.04. The van der Waals surface area contributed by atoms with Crippen LogP contribution in [0.2, 0.25) is 0 Å². The summed E-state index contributed by atoms with van der Waals surface area (Å²) in [6, 6.07) is 10.4. The van der Waals surface area contributed by atoms with Crippen LogP contribution in [-0.2, 0) is 24.2 Å². The molecule has 4 heterocycles. The van der Waals surface area contributed by atoms with Crippen molar-refractivity contribution in [3.05, 3.63) is 53.7 Å². The molecule has 0 spiro atoms. The summed E-state index contributed by atoms with van der Waals surface area (Å²) >= 11 is 0. The van der Waals surface area contributed by atoms with Gasteiger partial charge in [0.2, 0.25) is 0 Å². The molecule has 3 aromatic rings. The number of fused-ring (bicyclic) bond motifs is 1. The second-order valence-electron chi connectivity index (χ2n) is 7.23. The normalized spacial score (nSPS) is 19.8. The Hall–Kier alpha value is -2.51. The predicted molar refractivity (Wildman–Crippen MR) is 102 cm³/mol. The molecule has 1 unspecified atom stereocenters. The first-order chi connectivity index (χ1) is 13.4. The molecule has 7 nitrogen and oxygen atoms in total. The van der Waals surface area contributed by atoms with Crippen LogP contribution in [0.25, 0.3) is 11.5 Å². The molecule has 2 aliphatic rings. The van der Waals surface area contributed by atoms with Gasteiger partial charge in [-0.3, -0.25) is 0 Å². The van der Waals surface area contributed by atoms with Gasteiger partial charge in [-0.05, 0) is 12.0 Å². The number of nitrogens with zero attached hydrogens (tertiary/aromatic N) is 5. The number of hydrogen-bond donors (Lipinski definition) is 1. The second kappa shape index (κ2) is 7.25. The van der Waals surface area contributed by atoms with Crippen molar-refractivity contribution < 1.29 is 4.74 Å². The van der Waals surface area contributed by atoms with Crippen molar-refractivity contribution in [1.29, 1.82) is 0 Å². The van der Waals surface area contributed by atoms with E-state index in [2.05, 4.69) is 40.3 Å². The summed E-state index contributed by atoms with van der Waals surface area (Å²) in [6.07, 6.45) is 4.05. The molecule has 0 amide bonds. The third kappa shape index (κ3) is 3.40. The Bertz CT molecular complexity index is 886. The van der Waals surface area contributed by atoms with Crippen LogP contribution in [0.1, 0.15) is 29.6 Å². The van der Waals surface area contributed by atoms with Crippen LogP contribution < -0.4 is 5.32 Å². The maximum absolute atomic E-state index is 5.55. The molecule has 2 aliphatic heterocycles. The molecule has 0 bridgehead atoms. The standard InChI is InChI=1S/C20H24N6O/c1-2-4-15(5-3-1)12-26-20(23-19(24-26)16-7-11-27-14-16)17-13-25-10-9-21-8-6-18(25)22-17/h1-5,13,16,21H,6-12,14H2. The monoisotopic (exact) mass is 364 g/mol. The first-order valence-electron chi connectivity index (χ1n) is 9.70. The molecule has 2 aromatic heterocycles. The summed E-state index contributed by atoms with van der Waals surface area (Å²) in [5.74, 6) is 3.14. The summed E-state index contributed by atoms with van der Waals surface area (Å²) in [7, 11) is 0. The molecular weight excluding hydrogens is 340 g/mol. The minimum absolute atomic E-state index is 0.283. The number of hydrogen-bond acceptors (Lipinski definition) is 5. The van der Waals surface area contributed by atoms with Gasteiger partial charge < -0.3 is 14.6 Å². The van der Waals surface area contributed by atoms with Gasteiger partial charge in [0, 0.05) is 44.8 Å². The minimum Gasteiger partial charge on any atom is -0.381 e. The molecule has 1 atom stereocenters. The first-order valence-corrected chi connectivity index (χ1v) is 9.70. The topological polar surface area (TPSA) is 69.8 Å². The van der Waals surface area contributed by atoms with Crippen LogP contribution in [-0.4, -0.2) is 50.6 Å². The van der Waals surface area contributed by atoms with Crippen molar-refractivity contribution in [2.24, 2.45) is 0 Å². The Labute approximate surface area is 158 Å². The van der Waals surface area contributed by atoms with Crippen LogP contribution in [0, 0.1) is 0 Å². The van der Waals surface area contributed by atoms with Crippen LogP contribution in [0.5, 0.6) is 0 Å². The summed E-state index contributed by atoms with van der Waals surface area (Å²) in [5.41, 5.74) is 2.13. The molecule has 0 radical (unpaired) electrons. The lowest BCUT2D eigenvalue weighted by molar-refractivity contribution is 0.193. The molecule has 1 N–H and O–H groups in total. The van der Waals surface area contributed by atoms with Gasteiger partial charge in [0.25, 0.3) is 0 Å². The Balaban J connectivity index is 1.53. The first kappa shape index (κ1) is 16.6. The number of ether oxygens (including phenoxy) is 1. The van der Waals surface area contributed by atoms with Gasteiger partial charge in [-0.2, -0.15) is 5.10 Å². The van der Waals surface area contributed by atoms with E-state index in [1.807, 2.05) is 10.7 Å². The van der Waals surface area contributed by atoms with E-state index in [1.165, 1.54) is 5.56 Å². The van der Waals surface area contributed by atoms with Crippen molar-refractivity contribution >= 4 is 0 Å². The highest BCUT2D eigenvalue weighted by molar-refractivity contribution is 5.49. The highest BCUT2D eigenvalue weighted by atomic mass is 16.5. The van der Waals surface area contributed by atoms with Crippen LogP contribution in [0.4, 0.5) is 0 Å². The predicted octanol–water partition coefficient (Wildman–Crippen LogP) is 1.84. The van der Waals surface area contributed by atoms with Crippen molar-refractivity contribution in [2.75, 3.05) is 26.3 Å². The summed E-state index contributed by atoms with van der Waals surface area (Å²) in [4.78, 5) is 9.80. The largest absolute Gasteiger partial charge is 0.381 e. The Morgan fingerprint density at radius 2 is 2.07 bits per heavy atom. The number of aromatic nitrogens is 5. The average molecular weight is 364 g/mol. The minimum atomic E-state index is 0.283. The van der Waals surface area contributed by atoms with Gasteiger partial charge in [-0.15, -0.1) is 0 Å². The number of benzene rings is 1. The SMILES string of the molecule is c1ccc(Cn2nc(C3CCOC3)nc2-c2cn3c(n2)CCNCC3)cc1. The van der Waals surface area contributed by atoms with Crippen molar-refractivity contribution in [1.82, 2.24) is 29.6 Å².